The molecule has 0 unspecified atom stereocenters. The maximum Gasteiger partial charge on any atom is 0.139 e. The molecule has 4 nitrogen and oxygen atoms in total. The third-order valence-electron chi connectivity index (χ3n) is 2.50. The van der Waals surface area contributed by atoms with Gasteiger partial charge in [0.1, 0.15) is 17.5 Å². The second kappa shape index (κ2) is 4.71. The summed E-state index contributed by atoms with van der Waals surface area (Å²) in [6.07, 6.45) is 0. The minimum absolute atomic E-state index is 0.265. The van der Waals surface area contributed by atoms with E-state index in [-0.39, 0.29) is 5.92 Å². The fourth-order valence-electron chi connectivity index (χ4n) is 1.40. The van der Waals surface area contributed by atoms with Gasteiger partial charge in [-0.3, -0.25) is 0 Å². The zero-order valence-corrected chi connectivity index (χ0v) is 11.0. The van der Waals surface area contributed by atoms with E-state index >= 15 is 0 Å². The van der Waals surface area contributed by atoms with Gasteiger partial charge in [0.25, 0.3) is 0 Å². The highest BCUT2D eigenvalue weighted by Crippen LogP contribution is 2.25. The normalized spacial score (nSPS) is 10.8. The zero-order chi connectivity index (χ0) is 12.4. The number of nitrogens with zero attached hydrogens (tertiary/aromatic N) is 2. The van der Waals surface area contributed by atoms with Crippen LogP contribution in [0.5, 0.6) is 0 Å². The van der Waals surface area contributed by atoms with Crippen LogP contribution in [0.4, 0.5) is 17.3 Å². The number of nitrogens with two attached hydrogens (primary N) is 1. The van der Waals surface area contributed by atoms with Gasteiger partial charge in [0.2, 0.25) is 0 Å². The van der Waals surface area contributed by atoms with E-state index in [1.165, 1.54) is 0 Å². The number of nitrogen functional groups attached to an aromatic ring is 1. The van der Waals surface area contributed by atoms with Crippen LogP contribution in [0.3, 0.4) is 0 Å². The van der Waals surface area contributed by atoms with Gasteiger partial charge in [-0.15, -0.1) is 0 Å². The highest BCUT2D eigenvalue weighted by atomic mass is 32.1. The number of aromatic nitrogens is 2. The average Bonchev–Trinajstić information content (AvgIpc) is 2.77. The predicted molar refractivity (Wildman–Crippen MR) is 72.9 cm³/mol. The Labute approximate surface area is 105 Å². The van der Waals surface area contributed by atoms with Crippen LogP contribution in [0, 0.1) is 6.92 Å². The number of hydrogen-bond donors (Lipinski definition) is 2. The lowest BCUT2D eigenvalue weighted by Crippen LogP contribution is -2.07. The van der Waals surface area contributed by atoms with E-state index in [2.05, 4.69) is 29.1 Å². The molecule has 2 heterocycles. The molecule has 17 heavy (non-hydrogen) atoms. The largest absolute Gasteiger partial charge is 0.383 e. The molecule has 2 rings (SSSR count). The van der Waals surface area contributed by atoms with Crippen LogP contribution in [-0.4, -0.2) is 9.97 Å². The molecule has 5 heteroatoms. The maximum absolute atomic E-state index is 5.90. The molecule has 0 aliphatic heterocycles. The number of rotatable bonds is 3. The van der Waals surface area contributed by atoms with E-state index in [9.17, 15) is 0 Å². The van der Waals surface area contributed by atoms with E-state index in [0.717, 1.165) is 22.9 Å². The number of thiophene rings is 1. The molecule has 90 valence electrons. The lowest BCUT2D eigenvalue weighted by atomic mass is 10.2. The number of anilines is 3. The Bertz CT molecular complexity index is 505. The van der Waals surface area contributed by atoms with Crippen molar-refractivity contribution < 1.29 is 0 Å². The molecule has 0 aliphatic rings. The summed E-state index contributed by atoms with van der Waals surface area (Å²) in [6.45, 7) is 6.03. The second-order valence-electron chi connectivity index (χ2n) is 4.23. The molecule has 0 aliphatic carbocycles. The lowest BCUT2D eigenvalue weighted by Gasteiger charge is -2.12. The molecule has 0 aromatic carbocycles. The molecule has 0 saturated carbocycles. The topological polar surface area (TPSA) is 63.8 Å². The number of nitrogens with one attached hydrogen (secondary N) is 1. The summed E-state index contributed by atoms with van der Waals surface area (Å²) in [7, 11) is 0. The third kappa shape index (κ3) is 2.55. The van der Waals surface area contributed by atoms with Crippen molar-refractivity contribution in [1.29, 1.82) is 0 Å². The highest BCUT2D eigenvalue weighted by molar-refractivity contribution is 7.08. The summed E-state index contributed by atoms with van der Waals surface area (Å²) in [4.78, 5) is 8.80. The number of hydrogen-bond acceptors (Lipinski definition) is 5. The Kier molecular flexibility index (Phi) is 3.28. The highest BCUT2D eigenvalue weighted by Gasteiger charge is 2.11. The van der Waals surface area contributed by atoms with Crippen molar-refractivity contribution in [3.63, 3.8) is 0 Å². The smallest absolute Gasteiger partial charge is 0.139 e. The standard InChI is InChI=1S/C12H16N4S/c1-7(2)11-15-10(13)8(3)12(16-11)14-9-4-5-17-6-9/h4-7H,1-3H3,(H3,13,14,15,16). The molecule has 0 atom stereocenters. The molecule has 0 bridgehead atoms. The second-order valence-corrected chi connectivity index (χ2v) is 5.01. The van der Waals surface area contributed by atoms with Crippen LogP contribution < -0.4 is 11.1 Å². The van der Waals surface area contributed by atoms with Crippen molar-refractivity contribution in [2.45, 2.75) is 26.7 Å². The van der Waals surface area contributed by atoms with Crippen molar-refractivity contribution in [2.24, 2.45) is 0 Å². The average molecular weight is 248 g/mol. The van der Waals surface area contributed by atoms with Crippen LogP contribution in [-0.2, 0) is 0 Å². The first-order valence-corrected chi connectivity index (χ1v) is 6.45. The van der Waals surface area contributed by atoms with E-state index in [1.807, 2.05) is 23.8 Å². The van der Waals surface area contributed by atoms with E-state index in [1.54, 1.807) is 11.3 Å². The van der Waals surface area contributed by atoms with Crippen molar-refractivity contribution >= 4 is 28.7 Å². The van der Waals surface area contributed by atoms with Gasteiger partial charge in [-0.05, 0) is 18.4 Å². The van der Waals surface area contributed by atoms with E-state index in [4.69, 9.17) is 5.73 Å². The molecule has 0 fully saturated rings. The van der Waals surface area contributed by atoms with Crippen molar-refractivity contribution in [3.05, 3.63) is 28.2 Å². The summed E-state index contributed by atoms with van der Waals surface area (Å²) < 4.78 is 0. The van der Waals surface area contributed by atoms with Gasteiger partial charge in [-0.25, -0.2) is 9.97 Å². The first-order valence-electron chi connectivity index (χ1n) is 5.51. The Balaban J connectivity index is 2.38. The van der Waals surface area contributed by atoms with Gasteiger partial charge in [0.15, 0.2) is 0 Å². The molecule has 0 saturated heterocycles. The monoisotopic (exact) mass is 248 g/mol. The van der Waals surface area contributed by atoms with E-state index < -0.39 is 0 Å². The van der Waals surface area contributed by atoms with Crippen LogP contribution >= 0.6 is 11.3 Å². The molecule has 3 N–H and O–H groups in total. The van der Waals surface area contributed by atoms with Gasteiger partial charge >= 0.3 is 0 Å². The maximum atomic E-state index is 5.90. The first-order chi connectivity index (χ1) is 8.08. The molecule has 0 amide bonds. The molecule has 2 aromatic rings. The van der Waals surface area contributed by atoms with Crippen molar-refractivity contribution in [3.8, 4) is 0 Å². The molecular weight excluding hydrogens is 232 g/mol. The Hall–Kier alpha value is -1.62. The van der Waals surface area contributed by atoms with Crippen LogP contribution in [0.1, 0.15) is 31.2 Å². The fourth-order valence-corrected chi connectivity index (χ4v) is 1.99. The van der Waals surface area contributed by atoms with Gasteiger partial charge in [-0.2, -0.15) is 11.3 Å². The summed E-state index contributed by atoms with van der Waals surface area (Å²) in [5.74, 6) is 2.37. The minimum Gasteiger partial charge on any atom is -0.383 e. The van der Waals surface area contributed by atoms with Gasteiger partial charge in [0, 0.05) is 16.9 Å². The molecule has 0 spiro atoms. The summed E-state index contributed by atoms with van der Waals surface area (Å²) in [6, 6.07) is 2.01. The lowest BCUT2D eigenvalue weighted by molar-refractivity contribution is 0.776. The summed E-state index contributed by atoms with van der Waals surface area (Å²) in [5, 5.41) is 7.32. The third-order valence-corrected chi connectivity index (χ3v) is 3.18. The van der Waals surface area contributed by atoms with Crippen molar-refractivity contribution in [2.75, 3.05) is 11.1 Å². The molecule has 0 radical (unpaired) electrons. The van der Waals surface area contributed by atoms with Crippen LogP contribution in [0.25, 0.3) is 0 Å². The quantitative estimate of drug-likeness (QED) is 0.874. The molecule has 2 aromatic heterocycles. The Morgan fingerprint density at radius 2 is 2.12 bits per heavy atom. The zero-order valence-electron chi connectivity index (χ0n) is 10.2. The van der Waals surface area contributed by atoms with Crippen molar-refractivity contribution in [1.82, 2.24) is 9.97 Å². The van der Waals surface area contributed by atoms with Crippen LogP contribution in [0.15, 0.2) is 16.8 Å². The molecular formula is C12H16N4S. The predicted octanol–water partition coefficient (Wildman–Crippen LogP) is 3.30. The fraction of sp³-hybridized carbons (Fsp3) is 0.333. The SMILES string of the molecule is Cc1c(N)nc(C(C)C)nc1Nc1ccsc1. The van der Waals surface area contributed by atoms with Crippen LogP contribution in [0.2, 0.25) is 0 Å². The minimum atomic E-state index is 0.265. The summed E-state index contributed by atoms with van der Waals surface area (Å²) in [5.41, 5.74) is 7.82. The van der Waals surface area contributed by atoms with Gasteiger partial charge in [0.05, 0.1) is 5.69 Å². The first kappa shape index (κ1) is 11.9. The Morgan fingerprint density at radius 3 is 2.71 bits per heavy atom. The van der Waals surface area contributed by atoms with E-state index in [0.29, 0.717) is 5.82 Å². The van der Waals surface area contributed by atoms with Gasteiger partial charge in [-0.1, -0.05) is 13.8 Å². The van der Waals surface area contributed by atoms with Gasteiger partial charge < -0.3 is 11.1 Å². The Morgan fingerprint density at radius 1 is 1.35 bits per heavy atom. The summed E-state index contributed by atoms with van der Waals surface area (Å²) >= 11 is 1.64.